The number of carbonyl (C=O) groups excluding carboxylic acids is 1. The summed E-state index contributed by atoms with van der Waals surface area (Å²) in [5.74, 6) is 0.307. The van der Waals surface area contributed by atoms with Gasteiger partial charge in [0.1, 0.15) is 0 Å². The molecule has 3 unspecified atom stereocenters. The third-order valence-corrected chi connectivity index (χ3v) is 4.55. The van der Waals surface area contributed by atoms with Crippen molar-refractivity contribution in [2.45, 2.75) is 44.7 Å². The Morgan fingerprint density at radius 3 is 3.11 bits per heavy atom. The van der Waals surface area contributed by atoms with E-state index < -0.39 is 0 Å². The van der Waals surface area contributed by atoms with Crippen LogP contribution < -0.4 is 10.6 Å². The minimum atomic E-state index is 0.113. The number of nitrogens with one attached hydrogen (secondary N) is 2. The fourth-order valence-electron chi connectivity index (χ4n) is 3.35. The molecule has 1 aromatic rings. The zero-order chi connectivity index (χ0) is 13.4. The zero-order valence-corrected chi connectivity index (χ0v) is 11.6. The van der Waals surface area contributed by atoms with Crippen molar-refractivity contribution in [1.82, 2.24) is 20.4 Å². The molecule has 5 nitrogen and oxygen atoms in total. The molecule has 0 radical (unpaired) electrons. The van der Waals surface area contributed by atoms with E-state index >= 15 is 0 Å². The first kappa shape index (κ1) is 12.7. The molecule has 1 amide bonds. The smallest absolute Gasteiger partial charge is 0.225 e. The van der Waals surface area contributed by atoms with Gasteiger partial charge >= 0.3 is 0 Å². The highest BCUT2D eigenvalue weighted by Crippen LogP contribution is 2.30. The summed E-state index contributed by atoms with van der Waals surface area (Å²) in [6, 6.07) is 0.440. The lowest BCUT2D eigenvalue weighted by molar-refractivity contribution is -0.126. The summed E-state index contributed by atoms with van der Waals surface area (Å²) in [6.45, 7) is 3.04. The predicted molar refractivity (Wildman–Crippen MR) is 72.6 cm³/mol. The van der Waals surface area contributed by atoms with Crippen LogP contribution in [0.25, 0.3) is 0 Å². The van der Waals surface area contributed by atoms with Crippen molar-refractivity contribution >= 4 is 5.91 Å². The van der Waals surface area contributed by atoms with Crippen LogP contribution in [-0.2, 0) is 18.3 Å². The molecule has 1 aliphatic heterocycles. The highest BCUT2D eigenvalue weighted by molar-refractivity contribution is 5.80. The standard InChI is InChI=1S/C14H22N4O/c1-9-10(6-7-15-9)14(19)17-12-4-3-5-13-11(12)8-16-18(13)2/h8-10,12,15H,3-7H2,1-2H3,(H,17,19). The summed E-state index contributed by atoms with van der Waals surface area (Å²) in [4.78, 5) is 12.4. The van der Waals surface area contributed by atoms with Gasteiger partial charge in [-0.3, -0.25) is 9.48 Å². The Balaban J connectivity index is 1.72. The van der Waals surface area contributed by atoms with E-state index in [1.54, 1.807) is 0 Å². The molecule has 0 saturated carbocycles. The molecule has 1 aromatic heterocycles. The predicted octanol–water partition coefficient (Wildman–Crippen LogP) is 0.912. The lowest BCUT2D eigenvalue weighted by atomic mass is 9.92. The molecule has 2 N–H and O–H groups in total. The first-order valence-electron chi connectivity index (χ1n) is 7.21. The maximum Gasteiger partial charge on any atom is 0.225 e. The van der Waals surface area contributed by atoms with Gasteiger partial charge in [0.2, 0.25) is 5.91 Å². The molecule has 3 atom stereocenters. The van der Waals surface area contributed by atoms with Gasteiger partial charge in [-0.2, -0.15) is 5.10 Å². The van der Waals surface area contributed by atoms with Crippen molar-refractivity contribution in [3.8, 4) is 0 Å². The van der Waals surface area contributed by atoms with Crippen molar-refractivity contribution in [1.29, 1.82) is 0 Å². The third-order valence-electron chi connectivity index (χ3n) is 4.55. The van der Waals surface area contributed by atoms with Gasteiger partial charge in [-0.1, -0.05) is 0 Å². The molecule has 1 fully saturated rings. The molecular weight excluding hydrogens is 240 g/mol. The highest BCUT2D eigenvalue weighted by atomic mass is 16.2. The molecule has 5 heteroatoms. The number of nitrogens with zero attached hydrogens (tertiary/aromatic N) is 2. The van der Waals surface area contributed by atoms with Gasteiger partial charge in [-0.25, -0.2) is 0 Å². The number of carbonyl (C=O) groups is 1. The van der Waals surface area contributed by atoms with Crippen LogP contribution in [0.15, 0.2) is 6.20 Å². The van der Waals surface area contributed by atoms with E-state index in [1.807, 2.05) is 17.9 Å². The number of rotatable bonds is 2. The largest absolute Gasteiger partial charge is 0.349 e. The summed E-state index contributed by atoms with van der Waals surface area (Å²) in [5.41, 5.74) is 2.48. The minimum Gasteiger partial charge on any atom is -0.349 e. The fraction of sp³-hybridized carbons (Fsp3) is 0.714. The Morgan fingerprint density at radius 1 is 1.53 bits per heavy atom. The maximum absolute atomic E-state index is 12.4. The van der Waals surface area contributed by atoms with Gasteiger partial charge in [-0.05, 0) is 39.2 Å². The van der Waals surface area contributed by atoms with Gasteiger partial charge in [-0.15, -0.1) is 0 Å². The number of hydrogen-bond acceptors (Lipinski definition) is 3. The topological polar surface area (TPSA) is 59.0 Å². The second-order valence-electron chi connectivity index (χ2n) is 5.76. The van der Waals surface area contributed by atoms with E-state index in [4.69, 9.17) is 0 Å². The summed E-state index contributed by atoms with van der Waals surface area (Å²) in [6.07, 6.45) is 6.07. The average Bonchev–Trinajstić information content (AvgIpc) is 2.97. The first-order chi connectivity index (χ1) is 9.16. The van der Waals surface area contributed by atoms with Gasteiger partial charge in [0, 0.05) is 24.3 Å². The SMILES string of the molecule is CC1NCCC1C(=O)NC1CCCc2c1cnn2C. The van der Waals surface area contributed by atoms with Crippen molar-refractivity contribution < 1.29 is 4.79 Å². The molecular formula is C14H22N4O. The lowest BCUT2D eigenvalue weighted by Gasteiger charge is -2.26. The van der Waals surface area contributed by atoms with E-state index in [0.717, 1.165) is 32.2 Å². The van der Waals surface area contributed by atoms with Crippen LogP contribution in [0.3, 0.4) is 0 Å². The molecule has 104 valence electrons. The molecule has 0 bridgehead atoms. The molecule has 0 aromatic carbocycles. The molecule has 1 aliphatic carbocycles. The van der Waals surface area contributed by atoms with Crippen LogP contribution in [0.5, 0.6) is 0 Å². The summed E-state index contributed by atoms with van der Waals surface area (Å²) in [5, 5.41) is 10.9. The van der Waals surface area contributed by atoms with Gasteiger partial charge in [0.15, 0.2) is 0 Å². The Morgan fingerprint density at radius 2 is 2.37 bits per heavy atom. The van der Waals surface area contributed by atoms with Gasteiger partial charge in [0.05, 0.1) is 18.2 Å². The third kappa shape index (κ3) is 2.27. The second kappa shape index (κ2) is 4.96. The minimum absolute atomic E-state index is 0.113. The van der Waals surface area contributed by atoms with Crippen LogP contribution in [0.2, 0.25) is 0 Å². The number of fused-ring (bicyclic) bond motifs is 1. The van der Waals surface area contributed by atoms with Crippen molar-refractivity contribution in [3.05, 3.63) is 17.5 Å². The van der Waals surface area contributed by atoms with Crippen LogP contribution in [-0.4, -0.2) is 28.3 Å². The molecule has 2 aliphatic rings. The van der Waals surface area contributed by atoms with Crippen molar-refractivity contribution in [2.75, 3.05) is 6.54 Å². The quantitative estimate of drug-likeness (QED) is 0.833. The van der Waals surface area contributed by atoms with E-state index in [0.29, 0.717) is 0 Å². The van der Waals surface area contributed by atoms with Crippen LogP contribution in [0.4, 0.5) is 0 Å². The molecule has 1 saturated heterocycles. The summed E-state index contributed by atoms with van der Waals surface area (Å²) >= 11 is 0. The first-order valence-corrected chi connectivity index (χ1v) is 7.21. The molecule has 19 heavy (non-hydrogen) atoms. The second-order valence-corrected chi connectivity index (χ2v) is 5.76. The number of amides is 1. The van der Waals surface area contributed by atoms with Gasteiger partial charge < -0.3 is 10.6 Å². The Labute approximate surface area is 113 Å². The average molecular weight is 262 g/mol. The fourth-order valence-corrected chi connectivity index (χ4v) is 3.35. The van der Waals surface area contributed by atoms with Crippen molar-refractivity contribution in [2.24, 2.45) is 13.0 Å². The molecule has 3 rings (SSSR count). The van der Waals surface area contributed by atoms with Crippen LogP contribution in [0, 0.1) is 5.92 Å². The molecule has 0 spiro atoms. The Bertz CT molecular complexity index is 482. The van der Waals surface area contributed by atoms with E-state index in [1.165, 1.54) is 11.3 Å². The zero-order valence-electron chi connectivity index (χ0n) is 11.6. The maximum atomic E-state index is 12.4. The van der Waals surface area contributed by atoms with E-state index in [2.05, 4.69) is 22.7 Å². The summed E-state index contributed by atoms with van der Waals surface area (Å²) < 4.78 is 1.94. The Kier molecular flexibility index (Phi) is 3.31. The van der Waals surface area contributed by atoms with Crippen LogP contribution >= 0.6 is 0 Å². The monoisotopic (exact) mass is 262 g/mol. The Hall–Kier alpha value is -1.36. The van der Waals surface area contributed by atoms with Crippen molar-refractivity contribution in [3.63, 3.8) is 0 Å². The highest BCUT2D eigenvalue weighted by Gasteiger charge is 2.32. The number of aromatic nitrogens is 2. The normalized spacial score (nSPS) is 30.1. The van der Waals surface area contributed by atoms with Gasteiger partial charge in [0.25, 0.3) is 0 Å². The number of aryl methyl sites for hydroxylation is 1. The molecule has 2 heterocycles. The lowest BCUT2D eigenvalue weighted by Crippen LogP contribution is -2.39. The summed E-state index contributed by atoms with van der Waals surface area (Å²) in [7, 11) is 1.98. The van der Waals surface area contributed by atoms with E-state index in [-0.39, 0.29) is 23.9 Å². The van der Waals surface area contributed by atoms with E-state index in [9.17, 15) is 4.79 Å². The van der Waals surface area contributed by atoms with Crippen LogP contribution in [0.1, 0.15) is 43.5 Å². The number of hydrogen-bond donors (Lipinski definition) is 2.